The molecule has 0 aliphatic heterocycles. The Morgan fingerprint density at radius 3 is 2.62 bits per heavy atom. The van der Waals surface area contributed by atoms with Crippen LogP contribution in [0, 0.1) is 12.7 Å². The molecule has 21 heavy (non-hydrogen) atoms. The summed E-state index contributed by atoms with van der Waals surface area (Å²) in [5.41, 5.74) is 10.4. The van der Waals surface area contributed by atoms with E-state index in [-0.39, 0.29) is 5.82 Å². The average Bonchev–Trinajstić information content (AvgIpc) is 2.46. The van der Waals surface area contributed by atoms with Gasteiger partial charge in [-0.2, -0.15) is 0 Å². The molecule has 1 heterocycles. The highest BCUT2D eigenvalue weighted by Gasteiger charge is 2.12. The average molecular weight is 278 g/mol. The first-order valence-electron chi connectivity index (χ1n) is 6.67. The van der Waals surface area contributed by atoms with Crippen molar-refractivity contribution in [2.45, 2.75) is 6.92 Å². The number of pyridine rings is 1. The number of rotatable bonds is 2. The summed E-state index contributed by atoms with van der Waals surface area (Å²) in [5, 5.41) is 1.03. The minimum Gasteiger partial charge on any atom is -0.399 e. The van der Waals surface area contributed by atoms with Crippen molar-refractivity contribution in [2.24, 2.45) is 5.73 Å². The predicted octanol–water partition coefficient (Wildman–Crippen LogP) is 4.28. The lowest BCUT2D eigenvalue weighted by molar-refractivity contribution is 0.628. The monoisotopic (exact) mass is 278 g/mol. The van der Waals surface area contributed by atoms with Gasteiger partial charge in [-0.05, 0) is 36.8 Å². The van der Waals surface area contributed by atoms with Gasteiger partial charge in [0.15, 0.2) is 0 Å². The maximum atomic E-state index is 13.5. The third-order valence-corrected chi connectivity index (χ3v) is 3.52. The molecule has 104 valence electrons. The fraction of sp³-hybridized carbons (Fsp3) is 0.0556. The molecule has 0 saturated carbocycles. The highest BCUT2D eigenvalue weighted by molar-refractivity contribution is 5.90. The Morgan fingerprint density at radius 1 is 1.14 bits per heavy atom. The summed E-state index contributed by atoms with van der Waals surface area (Å²) in [4.78, 5) is 4.66. The molecule has 0 spiro atoms. The van der Waals surface area contributed by atoms with Crippen LogP contribution in [-0.4, -0.2) is 4.98 Å². The highest BCUT2D eigenvalue weighted by Crippen LogP contribution is 2.29. The van der Waals surface area contributed by atoms with Crippen molar-refractivity contribution < 1.29 is 4.39 Å². The van der Waals surface area contributed by atoms with Crippen LogP contribution >= 0.6 is 0 Å². The fourth-order valence-corrected chi connectivity index (χ4v) is 2.44. The van der Waals surface area contributed by atoms with E-state index in [9.17, 15) is 4.39 Å². The summed E-state index contributed by atoms with van der Waals surface area (Å²) < 4.78 is 13.5. The van der Waals surface area contributed by atoms with Gasteiger partial charge in [-0.15, -0.1) is 0 Å². The van der Waals surface area contributed by atoms with Crippen molar-refractivity contribution in [3.8, 4) is 11.3 Å². The highest BCUT2D eigenvalue weighted by atomic mass is 19.1. The third-order valence-electron chi connectivity index (χ3n) is 3.52. The first-order chi connectivity index (χ1) is 10.1. The molecule has 0 bridgehead atoms. The van der Waals surface area contributed by atoms with Crippen LogP contribution in [0.4, 0.5) is 4.39 Å². The second-order valence-corrected chi connectivity index (χ2v) is 5.06. The molecule has 0 fully saturated rings. The van der Waals surface area contributed by atoms with E-state index < -0.39 is 0 Å². The van der Waals surface area contributed by atoms with Crippen molar-refractivity contribution in [3.05, 3.63) is 72.1 Å². The molecule has 2 nitrogen and oxygen atoms in total. The Balaban J connectivity index is 2.35. The first kappa shape index (κ1) is 13.3. The number of nitrogens with two attached hydrogens (primary N) is 1. The van der Waals surface area contributed by atoms with Crippen LogP contribution < -0.4 is 5.73 Å². The van der Waals surface area contributed by atoms with Gasteiger partial charge >= 0.3 is 0 Å². The lowest BCUT2D eigenvalue weighted by Crippen LogP contribution is -2.00. The van der Waals surface area contributed by atoms with Gasteiger partial charge in [-0.1, -0.05) is 30.8 Å². The van der Waals surface area contributed by atoms with Crippen LogP contribution in [0.5, 0.6) is 0 Å². The second-order valence-electron chi connectivity index (χ2n) is 5.06. The van der Waals surface area contributed by atoms with E-state index in [0.29, 0.717) is 17.0 Å². The summed E-state index contributed by atoms with van der Waals surface area (Å²) in [7, 11) is 0. The maximum Gasteiger partial charge on any atom is 0.123 e. The van der Waals surface area contributed by atoms with E-state index in [1.807, 2.05) is 37.3 Å². The number of halogens is 1. The number of fused-ring (bicyclic) bond motifs is 1. The maximum absolute atomic E-state index is 13.5. The van der Waals surface area contributed by atoms with Gasteiger partial charge in [0.05, 0.1) is 11.2 Å². The van der Waals surface area contributed by atoms with Gasteiger partial charge in [0.25, 0.3) is 0 Å². The fourth-order valence-electron chi connectivity index (χ4n) is 2.44. The number of nitrogens with zero attached hydrogens (tertiary/aromatic N) is 1. The summed E-state index contributed by atoms with van der Waals surface area (Å²) in [6.45, 7) is 5.84. The molecule has 3 heteroatoms. The minimum atomic E-state index is -0.299. The number of aromatic nitrogens is 1. The molecule has 0 aliphatic carbocycles. The summed E-state index contributed by atoms with van der Waals surface area (Å²) in [5.74, 6) is -0.299. The number of hydrogen-bond donors (Lipinski definition) is 1. The van der Waals surface area contributed by atoms with Crippen molar-refractivity contribution in [1.29, 1.82) is 0 Å². The predicted molar refractivity (Wildman–Crippen MR) is 85.1 cm³/mol. The Bertz CT molecular complexity index is 853. The van der Waals surface area contributed by atoms with E-state index >= 15 is 0 Å². The van der Waals surface area contributed by atoms with E-state index in [4.69, 9.17) is 5.73 Å². The summed E-state index contributed by atoms with van der Waals surface area (Å²) in [6, 6.07) is 14.2. The molecule has 0 atom stereocenters. The Morgan fingerprint density at radius 2 is 1.90 bits per heavy atom. The number of benzene rings is 2. The van der Waals surface area contributed by atoms with Crippen molar-refractivity contribution >= 4 is 16.6 Å². The van der Waals surface area contributed by atoms with E-state index in [1.54, 1.807) is 6.07 Å². The molecule has 2 N–H and O–H groups in total. The number of hydrogen-bond acceptors (Lipinski definition) is 2. The molecular weight excluding hydrogens is 263 g/mol. The van der Waals surface area contributed by atoms with Crippen LogP contribution in [0.15, 0.2) is 55.1 Å². The molecule has 0 aliphatic rings. The van der Waals surface area contributed by atoms with Gasteiger partial charge in [0.2, 0.25) is 0 Å². The zero-order valence-electron chi connectivity index (χ0n) is 11.7. The Labute approximate surface area is 122 Å². The molecule has 0 unspecified atom stereocenters. The lowest BCUT2D eigenvalue weighted by atomic mass is 10.00. The van der Waals surface area contributed by atoms with Gasteiger partial charge in [0.1, 0.15) is 5.82 Å². The molecule has 0 saturated heterocycles. The second kappa shape index (κ2) is 5.02. The normalized spacial score (nSPS) is 10.8. The van der Waals surface area contributed by atoms with Crippen LogP contribution in [0.1, 0.15) is 11.1 Å². The van der Waals surface area contributed by atoms with Gasteiger partial charge < -0.3 is 5.73 Å². The third kappa shape index (κ3) is 2.38. The zero-order chi connectivity index (χ0) is 15.0. The molecule has 2 aromatic carbocycles. The summed E-state index contributed by atoms with van der Waals surface area (Å²) in [6.07, 6.45) is 0. The van der Waals surface area contributed by atoms with Gasteiger partial charge in [0, 0.05) is 22.2 Å². The van der Waals surface area contributed by atoms with Crippen molar-refractivity contribution in [1.82, 2.24) is 4.98 Å². The topological polar surface area (TPSA) is 38.9 Å². The van der Waals surface area contributed by atoms with Crippen molar-refractivity contribution in [2.75, 3.05) is 0 Å². The van der Waals surface area contributed by atoms with Gasteiger partial charge in [-0.25, -0.2) is 9.37 Å². The molecule has 0 amide bonds. The van der Waals surface area contributed by atoms with Crippen molar-refractivity contribution in [3.63, 3.8) is 0 Å². The van der Waals surface area contributed by atoms with E-state index in [0.717, 1.165) is 22.0 Å². The molecule has 1 aromatic heterocycles. The molecule has 3 aromatic rings. The van der Waals surface area contributed by atoms with Crippen LogP contribution in [0.3, 0.4) is 0 Å². The number of aryl methyl sites for hydroxylation is 1. The van der Waals surface area contributed by atoms with Gasteiger partial charge in [-0.3, -0.25) is 0 Å². The van der Waals surface area contributed by atoms with Crippen LogP contribution in [0.2, 0.25) is 0 Å². The van der Waals surface area contributed by atoms with Crippen LogP contribution in [0.25, 0.3) is 27.9 Å². The standard InChI is InChI=1S/C18H15FN2/c1-11-5-3-8-17-15(11)10-16(12(2)20)18(21-17)13-6-4-7-14(19)9-13/h3-10H,2,20H2,1H3. The quantitative estimate of drug-likeness (QED) is 0.760. The molecule has 3 rings (SSSR count). The van der Waals surface area contributed by atoms with E-state index in [2.05, 4.69) is 11.6 Å². The lowest BCUT2D eigenvalue weighted by Gasteiger charge is -2.12. The minimum absolute atomic E-state index is 0.299. The molecular formula is C18H15FN2. The summed E-state index contributed by atoms with van der Waals surface area (Å²) >= 11 is 0. The Kier molecular flexibility index (Phi) is 3.18. The molecule has 0 radical (unpaired) electrons. The first-order valence-corrected chi connectivity index (χ1v) is 6.67. The smallest absolute Gasteiger partial charge is 0.123 e. The zero-order valence-corrected chi connectivity index (χ0v) is 11.7. The van der Waals surface area contributed by atoms with Crippen LogP contribution in [-0.2, 0) is 0 Å². The SMILES string of the molecule is C=C(N)c1cc2c(C)cccc2nc1-c1cccc(F)c1. The Hall–Kier alpha value is -2.68. The van der Waals surface area contributed by atoms with E-state index in [1.165, 1.54) is 12.1 Å². The largest absolute Gasteiger partial charge is 0.399 e.